The van der Waals surface area contributed by atoms with Gasteiger partial charge in [-0.25, -0.2) is 18.0 Å². The number of nitrogens with zero attached hydrogens (tertiary/aromatic N) is 2. The molecule has 166 valence electrons. The first-order valence-corrected chi connectivity index (χ1v) is 11.6. The summed E-state index contributed by atoms with van der Waals surface area (Å²) >= 11 is 0. The molecule has 0 aliphatic carbocycles. The van der Waals surface area contributed by atoms with E-state index in [9.17, 15) is 17.8 Å². The molecule has 0 saturated heterocycles. The lowest BCUT2D eigenvalue weighted by molar-refractivity contribution is 0.425. The minimum absolute atomic E-state index is 0.0163. The molecule has 10 heteroatoms. The maximum Gasteiger partial charge on any atom is 0.272 e. The molecule has 1 atom stereocenters. The van der Waals surface area contributed by atoms with Gasteiger partial charge in [-0.1, -0.05) is 6.92 Å². The number of nitrogens with one attached hydrogen (secondary N) is 2. The summed E-state index contributed by atoms with van der Waals surface area (Å²) in [6.45, 7) is 3.45. The van der Waals surface area contributed by atoms with Crippen LogP contribution in [0, 0.1) is 23.3 Å². The fourth-order valence-electron chi connectivity index (χ4n) is 3.43. The molecule has 0 saturated carbocycles. The van der Waals surface area contributed by atoms with Crippen molar-refractivity contribution in [3.8, 4) is 22.9 Å². The van der Waals surface area contributed by atoms with Crippen LogP contribution < -0.4 is 10.3 Å². The lowest BCUT2D eigenvalue weighted by Gasteiger charge is -2.13. The van der Waals surface area contributed by atoms with Gasteiger partial charge in [0.15, 0.2) is 11.6 Å². The molecule has 4 aromatic rings. The Labute approximate surface area is 182 Å². The number of aromatic amines is 1. The predicted molar refractivity (Wildman–Crippen MR) is 118 cm³/mol. The number of fused-ring (bicyclic) bond motifs is 1. The molecular weight excluding hydrogens is 438 g/mol. The largest absolute Gasteiger partial charge is 0.435 e. The number of aromatic nitrogens is 3. The van der Waals surface area contributed by atoms with Gasteiger partial charge in [0.2, 0.25) is 5.88 Å². The molecule has 0 aliphatic heterocycles. The second-order valence-electron chi connectivity index (χ2n) is 7.34. The van der Waals surface area contributed by atoms with Crippen LogP contribution in [0.15, 0.2) is 53.7 Å². The fraction of sp³-hybridized carbons (Fsp3) is 0.182. The molecule has 0 bridgehead atoms. The third-order valence-corrected chi connectivity index (χ3v) is 6.76. The number of halogens is 2. The second kappa shape index (κ2) is 8.19. The summed E-state index contributed by atoms with van der Waals surface area (Å²) < 4.78 is 55.2. The second-order valence-corrected chi connectivity index (χ2v) is 9.83. The first kappa shape index (κ1) is 21.7. The molecular formula is C22H20F2N4O3S. The monoisotopic (exact) mass is 458 g/mol. The summed E-state index contributed by atoms with van der Waals surface area (Å²) in [4.78, 5) is 19.2. The van der Waals surface area contributed by atoms with Crippen molar-refractivity contribution in [1.82, 2.24) is 14.4 Å². The number of aryl methyl sites for hydroxylation is 1. The number of ether oxygens (including phenoxy) is 1. The molecule has 3 heterocycles. The Morgan fingerprint density at radius 1 is 1.25 bits per heavy atom. The van der Waals surface area contributed by atoms with Crippen LogP contribution in [0.1, 0.15) is 18.1 Å². The van der Waals surface area contributed by atoms with Crippen molar-refractivity contribution in [2.75, 3.05) is 5.75 Å². The highest BCUT2D eigenvalue weighted by atomic mass is 32.2. The molecule has 32 heavy (non-hydrogen) atoms. The van der Waals surface area contributed by atoms with Gasteiger partial charge in [0.05, 0.1) is 17.0 Å². The van der Waals surface area contributed by atoms with Crippen LogP contribution in [0.2, 0.25) is 0 Å². The van der Waals surface area contributed by atoms with Gasteiger partial charge in [-0.05, 0) is 42.3 Å². The smallest absolute Gasteiger partial charge is 0.272 e. The summed E-state index contributed by atoms with van der Waals surface area (Å²) in [5, 5.41) is 0. The average Bonchev–Trinajstić information content (AvgIpc) is 3.08. The maximum absolute atomic E-state index is 14.2. The van der Waals surface area contributed by atoms with E-state index in [2.05, 4.69) is 9.97 Å². The molecule has 4 rings (SSSR count). The Morgan fingerprint density at radius 3 is 2.75 bits per heavy atom. The average molecular weight is 458 g/mol. The van der Waals surface area contributed by atoms with Crippen molar-refractivity contribution < 1.29 is 17.7 Å². The Kier molecular flexibility index (Phi) is 5.55. The molecule has 7 nitrogen and oxygen atoms in total. The van der Waals surface area contributed by atoms with E-state index in [1.54, 1.807) is 36.6 Å². The van der Waals surface area contributed by atoms with Crippen LogP contribution in [-0.4, -0.2) is 24.3 Å². The molecule has 2 N–H and O–H groups in total. The van der Waals surface area contributed by atoms with Gasteiger partial charge in [0.25, 0.3) is 5.56 Å². The third-order valence-electron chi connectivity index (χ3n) is 5.03. The van der Waals surface area contributed by atoms with E-state index in [1.807, 2.05) is 0 Å². The van der Waals surface area contributed by atoms with Crippen molar-refractivity contribution in [3.05, 3.63) is 82.0 Å². The van der Waals surface area contributed by atoms with Gasteiger partial charge in [-0.2, -0.15) is 0 Å². The van der Waals surface area contributed by atoms with Gasteiger partial charge in [-0.15, -0.1) is 0 Å². The Bertz CT molecular complexity index is 1490. The number of hydrogen-bond donors (Lipinski definition) is 2. The van der Waals surface area contributed by atoms with E-state index < -0.39 is 21.4 Å². The van der Waals surface area contributed by atoms with Crippen molar-refractivity contribution in [2.45, 2.75) is 19.6 Å². The zero-order valence-electron chi connectivity index (χ0n) is 17.3. The number of H-pyrrole nitrogens is 1. The zero-order valence-corrected chi connectivity index (χ0v) is 18.1. The van der Waals surface area contributed by atoms with Crippen LogP contribution in [0.5, 0.6) is 11.6 Å². The molecule has 3 aromatic heterocycles. The normalized spacial score (nSPS) is 13.2. The number of pyridine rings is 1. The Morgan fingerprint density at radius 2 is 2.03 bits per heavy atom. The third kappa shape index (κ3) is 4.13. The predicted octanol–water partition coefficient (Wildman–Crippen LogP) is 4.64. The van der Waals surface area contributed by atoms with Gasteiger partial charge >= 0.3 is 0 Å². The minimum Gasteiger partial charge on any atom is -0.435 e. The molecule has 0 amide bonds. The van der Waals surface area contributed by atoms with Crippen LogP contribution in [-0.2, 0) is 15.5 Å². The van der Waals surface area contributed by atoms with E-state index in [0.29, 0.717) is 34.0 Å². The van der Waals surface area contributed by atoms with E-state index in [0.717, 1.165) is 12.1 Å². The lowest BCUT2D eigenvalue weighted by Crippen LogP contribution is -2.09. The van der Waals surface area contributed by atoms with Crippen molar-refractivity contribution in [1.29, 1.82) is 4.78 Å². The molecule has 0 fully saturated rings. The Balaban J connectivity index is 1.91. The number of rotatable bonds is 6. The molecule has 1 aromatic carbocycles. The Hall–Kier alpha value is -3.53. The van der Waals surface area contributed by atoms with Crippen LogP contribution in [0.4, 0.5) is 8.78 Å². The quantitative estimate of drug-likeness (QED) is 0.440. The van der Waals surface area contributed by atoms with Gasteiger partial charge in [0, 0.05) is 40.1 Å². The maximum atomic E-state index is 14.2. The molecule has 0 aliphatic rings. The van der Waals surface area contributed by atoms with Crippen molar-refractivity contribution in [2.24, 2.45) is 0 Å². The summed E-state index contributed by atoms with van der Waals surface area (Å²) in [6, 6.07) is 6.35. The van der Waals surface area contributed by atoms with E-state index in [4.69, 9.17) is 9.52 Å². The highest BCUT2D eigenvalue weighted by molar-refractivity contribution is 7.91. The zero-order chi connectivity index (χ0) is 23.0. The number of benzene rings is 1. The SMILES string of the molecule is CCS(=N)(=O)Cc1cnc(Oc2ccc(F)cc2F)c(-c2cc(C)c3c(=O)[nH]ccn23)c1. The van der Waals surface area contributed by atoms with Gasteiger partial charge < -0.3 is 14.1 Å². The van der Waals surface area contributed by atoms with E-state index in [-0.39, 0.29) is 28.7 Å². The number of hydrogen-bond acceptors (Lipinski definition) is 5. The minimum atomic E-state index is -2.84. The standard InChI is InChI=1S/C22H20F2N4O3S/c1-3-32(25,30)12-14-9-16(18-8-13(2)20-21(29)26-6-7-28(18)20)22(27-11-14)31-19-5-4-15(23)10-17(19)24/h4-11,25H,3,12H2,1-2H3,(H,26,29). The first-order chi connectivity index (χ1) is 15.2. The van der Waals surface area contributed by atoms with E-state index in [1.165, 1.54) is 12.4 Å². The summed E-state index contributed by atoms with van der Waals surface area (Å²) in [7, 11) is -2.84. The highest BCUT2D eigenvalue weighted by Crippen LogP contribution is 2.35. The van der Waals surface area contributed by atoms with Crippen LogP contribution in [0.25, 0.3) is 16.8 Å². The van der Waals surface area contributed by atoms with E-state index >= 15 is 0 Å². The lowest BCUT2D eigenvalue weighted by atomic mass is 10.1. The fourth-order valence-corrected chi connectivity index (χ4v) is 4.33. The molecule has 0 spiro atoms. The highest BCUT2D eigenvalue weighted by Gasteiger charge is 2.19. The van der Waals surface area contributed by atoms with Crippen molar-refractivity contribution in [3.63, 3.8) is 0 Å². The topological polar surface area (TPSA) is 100 Å². The summed E-state index contributed by atoms with van der Waals surface area (Å²) in [6.07, 6.45) is 4.57. The molecule has 0 radical (unpaired) electrons. The van der Waals surface area contributed by atoms with Crippen LogP contribution >= 0.6 is 0 Å². The van der Waals surface area contributed by atoms with Crippen LogP contribution in [0.3, 0.4) is 0 Å². The summed E-state index contributed by atoms with van der Waals surface area (Å²) in [5.74, 6) is -1.67. The van der Waals surface area contributed by atoms with Crippen molar-refractivity contribution >= 4 is 15.2 Å². The first-order valence-electron chi connectivity index (χ1n) is 9.74. The summed E-state index contributed by atoms with van der Waals surface area (Å²) in [5.41, 5.74) is 2.32. The molecule has 1 unspecified atom stereocenters. The van der Waals surface area contributed by atoms with Gasteiger partial charge in [0.1, 0.15) is 11.3 Å². The van der Waals surface area contributed by atoms with Gasteiger partial charge in [-0.3, -0.25) is 9.57 Å².